The van der Waals surface area contributed by atoms with E-state index in [9.17, 15) is 18.0 Å². The van der Waals surface area contributed by atoms with Gasteiger partial charge in [0.05, 0.1) is 5.52 Å². The lowest BCUT2D eigenvalue weighted by Gasteiger charge is -2.05. The zero-order valence-electron chi connectivity index (χ0n) is 9.01. The molecule has 0 saturated heterocycles. The van der Waals surface area contributed by atoms with Crippen LogP contribution in [0.5, 0.6) is 0 Å². The molecule has 1 aromatic heterocycles. The van der Waals surface area contributed by atoms with Gasteiger partial charge in [0, 0.05) is 18.0 Å². The average molecular weight is 258 g/mol. The van der Waals surface area contributed by atoms with E-state index in [0.29, 0.717) is 5.56 Å². The summed E-state index contributed by atoms with van der Waals surface area (Å²) >= 11 is 0. The van der Waals surface area contributed by atoms with Crippen molar-refractivity contribution in [2.75, 3.05) is 0 Å². The fourth-order valence-electron chi connectivity index (χ4n) is 1.72. The van der Waals surface area contributed by atoms with Gasteiger partial charge in [0.2, 0.25) is 0 Å². The first-order chi connectivity index (χ1) is 8.41. The number of aliphatic carboxylic acids is 1. The van der Waals surface area contributed by atoms with Crippen molar-refractivity contribution in [2.45, 2.75) is 12.5 Å². The summed E-state index contributed by atoms with van der Waals surface area (Å²) in [7, 11) is 0. The van der Waals surface area contributed by atoms with Gasteiger partial charge in [0.15, 0.2) is 17.5 Å². The number of carboxylic acid groups (broad SMARTS) is 1. The Bertz CT molecular complexity index is 624. The van der Waals surface area contributed by atoms with Crippen LogP contribution >= 0.6 is 0 Å². The van der Waals surface area contributed by atoms with Gasteiger partial charge in [0.25, 0.3) is 0 Å². The van der Waals surface area contributed by atoms with Crippen molar-refractivity contribution in [1.29, 1.82) is 0 Å². The molecule has 4 nitrogen and oxygen atoms in total. The van der Waals surface area contributed by atoms with Gasteiger partial charge in [0.1, 0.15) is 6.04 Å². The van der Waals surface area contributed by atoms with E-state index in [-0.39, 0.29) is 17.3 Å². The molecule has 0 radical (unpaired) electrons. The van der Waals surface area contributed by atoms with Crippen molar-refractivity contribution in [1.82, 2.24) is 4.98 Å². The van der Waals surface area contributed by atoms with Crippen LogP contribution in [0.2, 0.25) is 0 Å². The highest BCUT2D eigenvalue weighted by molar-refractivity contribution is 5.85. The number of aromatic nitrogens is 1. The van der Waals surface area contributed by atoms with Crippen LogP contribution in [0.1, 0.15) is 5.56 Å². The van der Waals surface area contributed by atoms with Crippen LogP contribution in [-0.4, -0.2) is 22.1 Å². The fraction of sp³-hybridized carbons (Fsp3) is 0.182. The topological polar surface area (TPSA) is 79.1 Å². The number of carbonyl (C=O) groups is 1. The zero-order valence-corrected chi connectivity index (χ0v) is 9.01. The number of benzene rings is 1. The van der Waals surface area contributed by atoms with Crippen LogP contribution in [0, 0.1) is 17.5 Å². The van der Waals surface area contributed by atoms with Gasteiger partial charge >= 0.3 is 5.97 Å². The number of fused-ring (bicyclic) bond motifs is 1. The molecule has 0 aliphatic rings. The number of nitrogens with one attached hydrogen (secondary N) is 1. The number of rotatable bonds is 3. The summed E-state index contributed by atoms with van der Waals surface area (Å²) in [5.74, 6) is -5.46. The Morgan fingerprint density at radius 1 is 1.39 bits per heavy atom. The molecular formula is C11H9F3N2O2. The minimum absolute atomic E-state index is 0.0862. The Labute approximate surface area is 99.2 Å². The molecular weight excluding hydrogens is 249 g/mol. The maximum Gasteiger partial charge on any atom is 0.320 e. The highest BCUT2D eigenvalue weighted by atomic mass is 19.2. The second kappa shape index (κ2) is 4.34. The van der Waals surface area contributed by atoms with Crippen molar-refractivity contribution in [3.05, 3.63) is 35.3 Å². The third-order valence-corrected chi connectivity index (χ3v) is 2.66. The summed E-state index contributed by atoms with van der Waals surface area (Å²) in [6.07, 6.45) is 1.18. The lowest BCUT2D eigenvalue weighted by Crippen LogP contribution is -2.32. The van der Waals surface area contributed by atoms with E-state index in [4.69, 9.17) is 10.8 Å². The van der Waals surface area contributed by atoms with Crippen molar-refractivity contribution < 1.29 is 23.1 Å². The summed E-state index contributed by atoms with van der Waals surface area (Å²) < 4.78 is 39.4. The average Bonchev–Trinajstić information content (AvgIpc) is 2.69. The van der Waals surface area contributed by atoms with Crippen molar-refractivity contribution >= 4 is 16.9 Å². The van der Waals surface area contributed by atoms with Crippen molar-refractivity contribution in [2.24, 2.45) is 5.73 Å². The third kappa shape index (κ3) is 1.92. The minimum Gasteiger partial charge on any atom is -0.480 e. The van der Waals surface area contributed by atoms with Gasteiger partial charge in [-0.15, -0.1) is 0 Å². The number of hydrogen-bond acceptors (Lipinski definition) is 2. The summed E-state index contributed by atoms with van der Waals surface area (Å²) in [6.45, 7) is 0. The second-order valence-electron chi connectivity index (χ2n) is 3.87. The molecule has 7 heteroatoms. The molecule has 96 valence electrons. The Hall–Kier alpha value is -2.02. The quantitative estimate of drug-likeness (QED) is 0.730. The van der Waals surface area contributed by atoms with Gasteiger partial charge in [-0.3, -0.25) is 4.79 Å². The maximum atomic E-state index is 13.4. The van der Waals surface area contributed by atoms with Gasteiger partial charge in [-0.1, -0.05) is 0 Å². The lowest BCUT2D eigenvalue weighted by atomic mass is 10.1. The third-order valence-electron chi connectivity index (χ3n) is 2.66. The number of H-pyrrole nitrogens is 1. The van der Waals surface area contributed by atoms with Gasteiger partial charge in [-0.25, -0.2) is 13.2 Å². The predicted molar refractivity (Wildman–Crippen MR) is 57.5 cm³/mol. The molecule has 0 bridgehead atoms. The summed E-state index contributed by atoms with van der Waals surface area (Å²) in [5.41, 5.74) is 5.44. The minimum atomic E-state index is -1.57. The smallest absolute Gasteiger partial charge is 0.320 e. The van der Waals surface area contributed by atoms with E-state index in [1.165, 1.54) is 6.20 Å². The lowest BCUT2D eigenvalue weighted by molar-refractivity contribution is -0.138. The highest BCUT2D eigenvalue weighted by Crippen LogP contribution is 2.25. The maximum absolute atomic E-state index is 13.4. The normalized spacial score (nSPS) is 12.9. The van der Waals surface area contributed by atoms with Gasteiger partial charge in [-0.05, 0) is 11.6 Å². The predicted octanol–water partition coefficient (Wildman–Crippen LogP) is 1.54. The Morgan fingerprint density at radius 3 is 2.67 bits per heavy atom. The standard InChI is InChI=1S/C11H9F3N2O2/c12-6-2-5-4(1-7(15)11(17)18)3-16-10(5)9(14)8(6)13/h2-3,7,16H,1,15H2,(H,17,18)/t7-/m1/s1. The molecule has 0 spiro atoms. The van der Waals surface area contributed by atoms with Crippen LogP contribution in [0.3, 0.4) is 0 Å². The zero-order chi connectivity index (χ0) is 13.4. The largest absolute Gasteiger partial charge is 0.480 e. The number of aromatic amines is 1. The fourth-order valence-corrected chi connectivity index (χ4v) is 1.72. The monoisotopic (exact) mass is 258 g/mol. The number of nitrogens with two attached hydrogens (primary N) is 1. The molecule has 2 aromatic rings. The van der Waals surface area contributed by atoms with E-state index in [2.05, 4.69) is 4.98 Å². The molecule has 0 unspecified atom stereocenters. The first kappa shape index (κ1) is 12.4. The van der Waals surface area contributed by atoms with Crippen LogP contribution in [0.4, 0.5) is 13.2 Å². The summed E-state index contributed by atoms with van der Waals surface area (Å²) in [6, 6.07) is -0.381. The van der Waals surface area contributed by atoms with Crippen LogP contribution in [0.25, 0.3) is 10.9 Å². The first-order valence-corrected chi connectivity index (χ1v) is 5.03. The number of carboxylic acids is 1. The highest BCUT2D eigenvalue weighted by Gasteiger charge is 2.19. The number of hydrogen-bond donors (Lipinski definition) is 3. The molecule has 0 fully saturated rings. The number of halogens is 3. The van der Waals surface area contributed by atoms with Gasteiger partial charge in [-0.2, -0.15) is 0 Å². The molecule has 0 aliphatic carbocycles. The molecule has 4 N–H and O–H groups in total. The van der Waals surface area contributed by atoms with E-state index in [1.807, 2.05) is 0 Å². The molecule has 2 rings (SSSR count). The molecule has 1 aromatic carbocycles. The molecule has 1 heterocycles. The molecule has 18 heavy (non-hydrogen) atoms. The second-order valence-corrected chi connectivity index (χ2v) is 3.87. The van der Waals surface area contributed by atoms with Crippen molar-refractivity contribution in [3.63, 3.8) is 0 Å². The van der Waals surface area contributed by atoms with E-state index in [0.717, 1.165) is 6.07 Å². The van der Waals surface area contributed by atoms with Crippen molar-refractivity contribution in [3.8, 4) is 0 Å². The Morgan fingerprint density at radius 2 is 2.06 bits per heavy atom. The van der Waals surface area contributed by atoms with Gasteiger partial charge < -0.3 is 15.8 Å². The summed E-state index contributed by atoms with van der Waals surface area (Å²) in [5, 5.41) is 8.75. The van der Waals surface area contributed by atoms with Crippen LogP contribution in [-0.2, 0) is 11.2 Å². The van der Waals surface area contributed by atoms with E-state index >= 15 is 0 Å². The van der Waals surface area contributed by atoms with E-state index in [1.54, 1.807) is 0 Å². The Balaban J connectivity index is 2.51. The molecule has 0 aliphatic heterocycles. The Kier molecular flexibility index (Phi) is 3.00. The SMILES string of the molecule is N[C@H](Cc1c[nH]c2c(F)c(F)c(F)cc12)C(=O)O. The van der Waals surface area contributed by atoms with Crippen LogP contribution in [0.15, 0.2) is 12.3 Å². The van der Waals surface area contributed by atoms with Crippen LogP contribution < -0.4 is 5.73 Å². The summed E-state index contributed by atoms with van der Waals surface area (Å²) in [4.78, 5) is 13.0. The molecule has 0 saturated carbocycles. The molecule has 1 atom stereocenters. The molecule has 0 amide bonds. The van der Waals surface area contributed by atoms with E-state index < -0.39 is 29.5 Å². The first-order valence-electron chi connectivity index (χ1n) is 5.03.